The number of hydrogen-bond acceptors (Lipinski definition) is 5. The van der Waals surface area contributed by atoms with E-state index in [-0.39, 0.29) is 36.5 Å². The van der Waals surface area contributed by atoms with Gasteiger partial charge < -0.3 is 15.1 Å². The fourth-order valence-electron chi connectivity index (χ4n) is 8.02. The van der Waals surface area contributed by atoms with E-state index in [2.05, 4.69) is 54.8 Å². The molecule has 3 aromatic rings. The Morgan fingerprint density at radius 1 is 1.00 bits per heavy atom. The number of rotatable bonds is 6. The van der Waals surface area contributed by atoms with Crippen LogP contribution in [0.5, 0.6) is 0 Å². The molecule has 0 spiro atoms. The number of nitrogens with one attached hydrogen (secondary N) is 2. The van der Waals surface area contributed by atoms with Crippen LogP contribution in [-0.4, -0.2) is 49.3 Å². The molecule has 0 fully saturated rings. The number of aliphatic imine (C=N–C) groups is 2. The molecule has 6 heterocycles. The highest BCUT2D eigenvalue weighted by Gasteiger charge is 2.43. The fraction of sp³-hybridized carbons (Fsp3) is 0.378. The maximum atomic E-state index is 13.6. The molecule has 4 aliphatic rings. The highest BCUT2D eigenvalue weighted by molar-refractivity contribution is 6.28. The van der Waals surface area contributed by atoms with Crippen LogP contribution in [0.1, 0.15) is 91.6 Å². The number of carbonyl (C=O) groups is 2. The molecule has 3 aliphatic heterocycles. The number of carboxylic acid groups (broad SMARTS) is 1. The van der Waals surface area contributed by atoms with Crippen molar-refractivity contribution in [2.24, 2.45) is 15.9 Å². The molecular formula is C37H39N5O3. The predicted octanol–water partition coefficient (Wildman–Crippen LogP) is 4.93. The van der Waals surface area contributed by atoms with Gasteiger partial charge >= 0.3 is 5.97 Å². The van der Waals surface area contributed by atoms with Crippen LogP contribution in [0.25, 0.3) is 12.2 Å². The number of H-pyrrole nitrogens is 2. The smallest absolute Gasteiger partial charge is 0.303 e. The van der Waals surface area contributed by atoms with Crippen LogP contribution in [0.3, 0.4) is 0 Å². The van der Waals surface area contributed by atoms with Crippen LogP contribution < -0.4 is 10.7 Å². The molecule has 8 bridgehead atoms. The van der Waals surface area contributed by atoms with Gasteiger partial charge in [-0.05, 0) is 116 Å². The molecular weight excluding hydrogens is 562 g/mol. The molecule has 3 atom stereocenters. The summed E-state index contributed by atoms with van der Waals surface area (Å²) in [4.78, 5) is 47.7. The van der Waals surface area contributed by atoms with E-state index in [0.717, 1.165) is 68.8 Å². The van der Waals surface area contributed by atoms with Gasteiger partial charge in [-0.25, -0.2) is 4.99 Å². The Morgan fingerprint density at radius 2 is 1.76 bits per heavy atom. The average molecular weight is 602 g/mol. The van der Waals surface area contributed by atoms with E-state index in [4.69, 9.17) is 9.98 Å². The number of aliphatic carboxylic acids is 1. The molecule has 45 heavy (non-hydrogen) atoms. The number of carbonyl (C=O) groups excluding carboxylic acids is 1. The number of pyridine rings is 1. The van der Waals surface area contributed by atoms with Crippen molar-refractivity contribution in [3.05, 3.63) is 96.8 Å². The van der Waals surface area contributed by atoms with E-state index in [1.54, 1.807) is 0 Å². The van der Waals surface area contributed by atoms with Gasteiger partial charge in [-0.2, -0.15) is 0 Å². The number of aromatic amines is 2. The van der Waals surface area contributed by atoms with Gasteiger partial charge in [0.25, 0.3) is 0 Å². The van der Waals surface area contributed by atoms with Crippen LogP contribution in [-0.2, 0) is 22.4 Å². The van der Waals surface area contributed by atoms with Crippen LogP contribution in [0.15, 0.2) is 56.9 Å². The van der Waals surface area contributed by atoms with Gasteiger partial charge in [-0.1, -0.05) is 13.8 Å². The van der Waals surface area contributed by atoms with Crippen molar-refractivity contribution in [2.75, 3.05) is 0 Å². The second kappa shape index (κ2) is 11.1. The summed E-state index contributed by atoms with van der Waals surface area (Å²) in [7, 11) is 0. The zero-order valence-electron chi connectivity index (χ0n) is 26.5. The van der Waals surface area contributed by atoms with Gasteiger partial charge in [0.05, 0.1) is 23.4 Å². The Kier molecular flexibility index (Phi) is 7.18. The zero-order valence-corrected chi connectivity index (χ0v) is 26.5. The molecule has 230 valence electrons. The van der Waals surface area contributed by atoms with Gasteiger partial charge in [0.2, 0.25) is 0 Å². The summed E-state index contributed by atoms with van der Waals surface area (Å²) in [5, 5.41) is 11.7. The van der Waals surface area contributed by atoms with Crippen molar-refractivity contribution in [3.8, 4) is 0 Å². The van der Waals surface area contributed by atoms with E-state index < -0.39 is 5.97 Å². The minimum absolute atomic E-state index is 0.0406. The normalized spacial score (nSPS) is 23.6. The number of Topliss-reactive ketones (excluding diaryl/α,β-unsaturated/α-hetero) is 1. The number of aromatic nitrogens is 3. The number of allylic oxidation sites excluding steroid dienone is 2. The van der Waals surface area contributed by atoms with E-state index in [1.807, 2.05) is 31.5 Å². The lowest BCUT2D eigenvalue weighted by Gasteiger charge is -2.20. The van der Waals surface area contributed by atoms with Gasteiger partial charge in [0, 0.05) is 58.6 Å². The number of fused-ring (bicyclic) bond motifs is 6. The van der Waals surface area contributed by atoms with Crippen LogP contribution in [0, 0.1) is 19.8 Å². The lowest BCUT2D eigenvalue weighted by atomic mass is 9.83. The van der Waals surface area contributed by atoms with Crippen LogP contribution in [0.2, 0.25) is 0 Å². The second-order valence-corrected chi connectivity index (χ2v) is 12.8. The summed E-state index contributed by atoms with van der Waals surface area (Å²) in [6, 6.07) is 3.79. The minimum atomic E-state index is -0.821. The molecule has 3 unspecified atom stereocenters. The topological polar surface area (TPSA) is 124 Å². The van der Waals surface area contributed by atoms with Crippen LogP contribution in [0.4, 0.5) is 0 Å². The van der Waals surface area contributed by atoms with E-state index >= 15 is 0 Å². The Balaban J connectivity index is 1.55. The summed E-state index contributed by atoms with van der Waals surface area (Å²) in [6.45, 7) is 10.7. The summed E-state index contributed by atoms with van der Waals surface area (Å²) < 4.78 is 0. The SMILES string of the molecule is CCc1c2[nH]c(c1C)C(c1ccncc1)C1=NC(C3=C4N=C(/C=c5\[nH]/c(c(C)c5CC)=C\2)C(C)=C4C(=O)C3)C(CCC(=O)O)C1. The molecule has 0 radical (unpaired) electrons. The van der Waals surface area contributed by atoms with E-state index in [1.165, 1.54) is 22.3 Å². The second-order valence-electron chi connectivity index (χ2n) is 12.8. The fourth-order valence-corrected chi connectivity index (χ4v) is 8.02. The van der Waals surface area contributed by atoms with Crippen molar-refractivity contribution in [3.63, 3.8) is 0 Å². The molecule has 0 amide bonds. The highest BCUT2D eigenvalue weighted by Crippen LogP contribution is 2.46. The van der Waals surface area contributed by atoms with Crippen molar-refractivity contribution >= 4 is 35.3 Å². The van der Waals surface area contributed by atoms with Crippen molar-refractivity contribution in [1.82, 2.24) is 15.0 Å². The van der Waals surface area contributed by atoms with Crippen molar-refractivity contribution in [1.29, 1.82) is 0 Å². The number of ketones is 1. The van der Waals surface area contributed by atoms with Crippen LogP contribution >= 0.6 is 0 Å². The summed E-state index contributed by atoms with van der Waals surface area (Å²) >= 11 is 0. The first-order valence-corrected chi connectivity index (χ1v) is 16.1. The number of hydrogen-bond donors (Lipinski definition) is 3. The predicted molar refractivity (Wildman–Crippen MR) is 176 cm³/mol. The molecule has 8 heteroatoms. The monoisotopic (exact) mass is 601 g/mol. The first-order chi connectivity index (χ1) is 21.7. The number of nitrogens with zero attached hydrogens (tertiary/aromatic N) is 3. The lowest BCUT2D eigenvalue weighted by Crippen LogP contribution is -2.19. The molecule has 0 saturated heterocycles. The molecule has 1 aliphatic carbocycles. The Hall–Kier alpha value is -4.59. The average Bonchev–Trinajstić information content (AvgIpc) is 3.80. The third-order valence-electron chi connectivity index (χ3n) is 10.3. The third-order valence-corrected chi connectivity index (χ3v) is 10.3. The molecule has 0 saturated carbocycles. The maximum Gasteiger partial charge on any atom is 0.303 e. The van der Waals surface area contributed by atoms with Crippen molar-refractivity contribution in [2.45, 2.75) is 85.1 Å². The van der Waals surface area contributed by atoms with Gasteiger partial charge in [-0.15, -0.1) is 0 Å². The first kappa shape index (κ1) is 29.1. The highest BCUT2D eigenvalue weighted by atomic mass is 16.4. The summed E-state index contributed by atoms with van der Waals surface area (Å²) in [6.07, 6.45) is 11.1. The lowest BCUT2D eigenvalue weighted by molar-refractivity contribution is -0.137. The molecule has 8 nitrogen and oxygen atoms in total. The first-order valence-electron chi connectivity index (χ1n) is 16.1. The molecule has 3 aromatic heterocycles. The maximum absolute atomic E-state index is 13.6. The summed E-state index contributed by atoms with van der Waals surface area (Å²) in [5.74, 6) is -0.950. The zero-order chi connectivity index (χ0) is 31.6. The minimum Gasteiger partial charge on any atom is -0.481 e. The van der Waals surface area contributed by atoms with E-state index in [0.29, 0.717) is 18.4 Å². The molecule has 7 rings (SSSR count). The standard InChI is InChI=1S/C37H39N5O3/c1-6-23-18(3)26-16-29-24(7-2)19(4)35(41-29)34(21-10-12-38-13-11-21)30-14-22(8-9-32(44)45)36(42-30)25-15-31(43)33-20(5)27(40-37(25)33)17-28(23)39-26/h10-13,16-17,22,34,36,39,41H,6-9,14-15H2,1-5H3,(H,44,45)/b26-16-,28-17-. The van der Waals surface area contributed by atoms with Gasteiger partial charge in [-0.3, -0.25) is 19.6 Å². The van der Waals surface area contributed by atoms with E-state index in [9.17, 15) is 14.7 Å². The number of carboxylic acids is 1. The Labute approximate surface area is 262 Å². The summed E-state index contributed by atoms with van der Waals surface area (Å²) in [5.41, 5.74) is 13.2. The molecule has 0 aromatic carbocycles. The Morgan fingerprint density at radius 3 is 2.47 bits per heavy atom. The van der Waals surface area contributed by atoms with Gasteiger partial charge in [0.15, 0.2) is 5.78 Å². The molecule has 3 N–H and O–H groups in total. The third kappa shape index (κ3) is 4.69. The quantitative estimate of drug-likeness (QED) is 0.371. The Bertz CT molecular complexity index is 2020. The van der Waals surface area contributed by atoms with Gasteiger partial charge in [0.1, 0.15) is 0 Å². The largest absolute Gasteiger partial charge is 0.481 e. The van der Waals surface area contributed by atoms with Crippen molar-refractivity contribution < 1.29 is 14.7 Å².